The van der Waals surface area contributed by atoms with E-state index in [1.807, 2.05) is 133 Å². The van der Waals surface area contributed by atoms with Crippen LogP contribution in [0.15, 0.2) is 188 Å². The summed E-state index contributed by atoms with van der Waals surface area (Å²) in [6, 6.07) is 49.0. The van der Waals surface area contributed by atoms with Gasteiger partial charge in [-0.1, -0.05) is 150 Å². The van der Waals surface area contributed by atoms with E-state index in [-0.39, 0.29) is 24.2 Å². The molecule has 0 aliphatic carbocycles. The van der Waals surface area contributed by atoms with Crippen LogP contribution >= 0.6 is 79.4 Å². The molecule has 1 N–H and O–H groups in total. The maximum Gasteiger partial charge on any atom is 0.333 e. The van der Waals surface area contributed by atoms with E-state index in [1.54, 1.807) is 41.8 Å². The average Bonchev–Trinajstić information content (AvgIpc) is 3.28. The summed E-state index contributed by atoms with van der Waals surface area (Å²) in [5, 5.41) is 14.0. The fourth-order valence-electron chi connectivity index (χ4n) is 6.44. The van der Waals surface area contributed by atoms with Crippen molar-refractivity contribution in [2.24, 2.45) is 0 Å². The molecular formula is C48H34Cl4N2O5S4. The number of halogens is 4. The van der Waals surface area contributed by atoms with Crippen molar-refractivity contribution in [1.29, 1.82) is 5.26 Å². The molecule has 2 aliphatic rings. The zero-order chi connectivity index (χ0) is 45.1. The summed E-state index contributed by atoms with van der Waals surface area (Å²) in [5.74, 6) is -1.01. The van der Waals surface area contributed by atoms with E-state index in [0.29, 0.717) is 11.1 Å². The van der Waals surface area contributed by atoms with Gasteiger partial charge in [-0.3, -0.25) is 9.59 Å². The number of amides is 1. The van der Waals surface area contributed by atoms with Crippen molar-refractivity contribution >= 4 is 126 Å². The highest BCUT2D eigenvalue weighted by Gasteiger charge is 2.37. The zero-order valence-corrected chi connectivity index (χ0v) is 39.4. The van der Waals surface area contributed by atoms with Crippen LogP contribution in [-0.2, 0) is 27.9 Å². The number of carbonyl (C=O) groups is 2. The third-order valence-electron chi connectivity index (χ3n) is 9.24. The van der Waals surface area contributed by atoms with E-state index in [1.165, 1.54) is 0 Å². The van der Waals surface area contributed by atoms with E-state index >= 15 is 0 Å². The predicted octanol–water partition coefficient (Wildman–Crippen LogP) is 13.0. The van der Waals surface area contributed by atoms with Crippen LogP contribution < -0.4 is 10.7 Å². The molecule has 0 fully saturated rings. The Hall–Kier alpha value is -4.87. The van der Waals surface area contributed by atoms with Crippen LogP contribution in [0.3, 0.4) is 0 Å². The summed E-state index contributed by atoms with van der Waals surface area (Å²) in [6.07, 6.45) is 0. The summed E-state index contributed by atoms with van der Waals surface area (Å²) >= 11 is 18.0. The lowest BCUT2D eigenvalue weighted by molar-refractivity contribution is -0.139. The van der Waals surface area contributed by atoms with Gasteiger partial charge in [0.25, 0.3) is 5.91 Å². The van der Waals surface area contributed by atoms with Gasteiger partial charge in [-0.25, -0.2) is 9.00 Å². The minimum absolute atomic E-state index is 0.00843. The Balaban J connectivity index is 0.000000160. The smallest absolute Gasteiger partial charge is 0.333 e. The maximum atomic E-state index is 12.7. The van der Waals surface area contributed by atoms with Gasteiger partial charge in [-0.2, -0.15) is 5.26 Å². The fourth-order valence-corrected chi connectivity index (χ4v) is 10.7. The van der Waals surface area contributed by atoms with E-state index in [0.717, 1.165) is 62.0 Å². The molecule has 0 radical (unpaired) electrons. The van der Waals surface area contributed by atoms with Crippen LogP contribution in [0.5, 0.6) is 0 Å². The van der Waals surface area contributed by atoms with Gasteiger partial charge in [-0.15, -0.1) is 11.3 Å². The van der Waals surface area contributed by atoms with E-state index in [9.17, 15) is 19.6 Å². The molecule has 7 aromatic rings. The Labute approximate surface area is 398 Å². The minimum Gasteiger partial charge on any atom is -0.460 e. The zero-order valence-electron chi connectivity index (χ0n) is 33.1. The van der Waals surface area contributed by atoms with Crippen molar-refractivity contribution in [1.82, 2.24) is 5.32 Å². The number of nitrogens with zero attached hydrogens (tertiary/aromatic N) is 1. The normalized spacial score (nSPS) is 12.4. The first-order chi connectivity index (χ1) is 30.3. The lowest BCUT2D eigenvalue weighted by Crippen LogP contribution is -2.29. The Bertz CT molecular complexity index is 2860. The van der Waals surface area contributed by atoms with Crippen LogP contribution in [0.2, 0.25) is 0 Å². The van der Waals surface area contributed by atoms with Crippen LogP contribution in [0, 0.1) is 11.3 Å². The topological polar surface area (TPSA) is 113 Å². The number of esters is 1. The minimum atomic E-state index is -1.67. The maximum absolute atomic E-state index is 12.7. The number of nitriles is 1. The van der Waals surface area contributed by atoms with Gasteiger partial charge in [0.1, 0.15) is 18.2 Å². The Morgan fingerprint density at radius 1 is 0.714 bits per heavy atom. The summed E-state index contributed by atoms with van der Waals surface area (Å²) < 4.78 is 15.2. The SMILES string of the molecule is C=C(C)C(=O)OCCNC(=O)C(C#N)=C1c2ccccc2Sc2ccccc21.ClC1(Cl)c2ccccc2Sc2ccccc21.O=S(Cl)Cl.O=c1c2ccccc2sc2ccccc12. The van der Waals surface area contributed by atoms with Crippen molar-refractivity contribution in [3.05, 3.63) is 196 Å². The van der Waals surface area contributed by atoms with Crippen LogP contribution in [-0.4, -0.2) is 29.2 Å². The standard InChI is InChI=1S/C22H18N2O3S.C13H8Cl2S.C13H8OS.Cl2OS/c1-14(2)22(26)27-12-11-24-21(25)17(13-23)20-15-7-3-5-9-18(15)28-19-10-6-4-8-16(19)20;14-13(15)9-5-1-3-7-11(9)16-12-8-4-2-6-10(12)13;14-13-9-5-1-3-7-11(9)15-12-8-4-2-6-10(12)13;1-4(2)3/h3-10H,1,11-12H2,2H3,(H,24,25);1-8H;1-8H;. The summed E-state index contributed by atoms with van der Waals surface area (Å²) in [5.41, 5.74) is 4.73. The summed E-state index contributed by atoms with van der Waals surface area (Å²) in [6.45, 7) is 5.16. The molecule has 1 amide bonds. The van der Waals surface area contributed by atoms with Crippen molar-refractivity contribution in [3.8, 4) is 6.07 Å². The molecule has 3 heterocycles. The Kier molecular flexibility index (Phi) is 16.7. The fraction of sp³-hybridized carbons (Fsp3) is 0.0833. The monoisotopic (exact) mass is 986 g/mol. The molecule has 0 saturated heterocycles. The molecule has 0 saturated carbocycles. The predicted molar refractivity (Wildman–Crippen MR) is 262 cm³/mol. The first kappa shape index (κ1) is 47.6. The highest BCUT2D eigenvalue weighted by Crippen LogP contribution is 2.53. The average molecular weight is 989 g/mol. The third-order valence-corrected chi connectivity index (χ3v) is 13.5. The molecule has 1 aromatic heterocycles. The second kappa shape index (κ2) is 22.2. The largest absolute Gasteiger partial charge is 0.460 e. The molecule has 63 heavy (non-hydrogen) atoms. The van der Waals surface area contributed by atoms with Crippen molar-refractivity contribution in [2.45, 2.75) is 30.8 Å². The van der Waals surface area contributed by atoms with Crippen molar-refractivity contribution in [3.63, 3.8) is 0 Å². The number of rotatable bonds is 5. The first-order valence-electron chi connectivity index (χ1n) is 18.8. The van der Waals surface area contributed by atoms with Gasteiger partial charge in [0, 0.05) is 83.4 Å². The van der Waals surface area contributed by atoms with Crippen molar-refractivity contribution in [2.75, 3.05) is 13.2 Å². The highest BCUT2D eigenvalue weighted by atomic mass is 36.0. The second-order valence-electron chi connectivity index (χ2n) is 13.4. The lowest BCUT2D eigenvalue weighted by Gasteiger charge is -2.29. The van der Waals surface area contributed by atoms with Crippen LogP contribution in [0.25, 0.3) is 25.7 Å². The third kappa shape index (κ3) is 11.6. The van der Waals surface area contributed by atoms with Crippen molar-refractivity contribution < 1.29 is 18.5 Å². The van der Waals surface area contributed by atoms with Gasteiger partial charge in [0.05, 0.1) is 6.54 Å². The second-order valence-corrected chi connectivity index (χ2v) is 20.5. The van der Waals surface area contributed by atoms with Crippen LogP contribution in [0.4, 0.5) is 0 Å². The summed E-state index contributed by atoms with van der Waals surface area (Å²) in [7, 11) is 7.36. The quantitative estimate of drug-likeness (QED) is 0.0345. The first-order valence-corrected chi connectivity index (χ1v) is 24.8. The molecular weight excluding hydrogens is 955 g/mol. The van der Waals surface area contributed by atoms with Gasteiger partial charge in [-0.05, 0) is 66.6 Å². The van der Waals surface area contributed by atoms with Gasteiger partial charge in [0.15, 0.2) is 9.76 Å². The number of carbonyl (C=O) groups excluding carboxylic acids is 2. The number of alkyl halides is 2. The molecule has 0 atom stereocenters. The lowest BCUT2D eigenvalue weighted by atomic mass is 9.92. The van der Waals surface area contributed by atoms with E-state index in [2.05, 4.69) is 51.5 Å². The molecule has 318 valence electrons. The molecule has 6 aromatic carbocycles. The number of hydrogen-bond acceptors (Lipinski definition) is 9. The molecule has 15 heteroatoms. The number of hydrogen-bond donors (Lipinski definition) is 1. The van der Waals surface area contributed by atoms with Crippen LogP contribution in [0.1, 0.15) is 29.2 Å². The molecule has 2 aliphatic heterocycles. The molecule has 0 spiro atoms. The molecule has 0 unspecified atom stereocenters. The molecule has 9 rings (SSSR count). The number of ether oxygens (including phenoxy) is 1. The van der Waals surface area contributed by atoms with Gasteiger partial charge < -0.3 is 10.1 Å². The highest BCUT2D eigenvalue weighted by molar-refractivity contribution is 8.26. The summed E-state index contributed by atoms with van der Waals surface area (Å²) in [4.78, 5) is 40.5. The number of nitrogens with one attached hydrogen (secondary N) is 1. The van der Waals surface area contributed by atoms with Gasteiger partial charge >= 0.3 is 5.97 Å². The number of fused-ring (bicyclic) bond motifs is 6. The van der Waals surface area contributed by atoms with E-state index < -0.39 is 25.4 Å². The van der Waals surface area contributed by atoms with E-state index in [4.69, 9.17) is 32.1 Å². The Morgan fingerprint density at radius 2 is 1.13 bits per heavy atom. The number of benzene rings is 6. The molecule has 0 bridgehead atoms. The molecule has 7 nitrogen and oxygen atoms in total. The Morgan fingerprint density at radius 3 is 1.60 bits per heavy atom. The van der Waals surface area contributed by atoms with Gasteiger partial charge in [0.2, 0.25) is 9.23 Å².